The van der Waals surface area contributed by atoms with Crippen molar-refractivity contribution in [2.24, 2.45) is 5.41 Å². The Morgan fingerprint density at radius 3 is 2.33 bits per heavy atom. The van der Waals surface area contributed by atoms with E-state index in [1.165, 1.54) is 25.7 Å². The molecule has 2 fully saturated rings. The summed E-state index contributed by atoms with van der Waals surface area (Å²) in [6.45, 7) is 5.87. The fourth-order valence-corrected chi connectivity index (χ4v) is 6.92. The zero-order valence-corrected chi connectivity index (χ0v) is 25.0. The Morgan fingerprint density at radius 2 is 1.67 bits per heavy atom. The number of rotatable bonds is 8. The van der Waals surface area contributed by atoms with Gasteiger partial charge in [0.05, 0.1) is 13.0 Å². The summed E-state index contributed by atoms with van der Waals surface area (Å²) in [7, 11) is 0. The molecule has 1 amide bonds. The molecule has 0 unspecified atom stereocenters. The molecular formula is C34H39N5O4. The van der Waals surface area contributed by atoms with Gasteiger partial charge in [0.25, 0.3) is 5.56 Å². The fraction of sp³-hybridized carbons (Fsp3) is 0.441. The number of hydrogen-bond acceptors (Lipinski definition) is 6. The van der Waals surface area contributed by atoms with Gasteiger partial charge in [-0.25, -0.2) is 9.78 Å². The van der Waals surface area contributed by atoms with E-state index in [0.717, 1.165) is 60.4 Å². The highest BCUT2D eigenvalue weighted by molar-refractivity contribution is 5.80. The van der Waals surface area contributed by atoms with E-state index >= 15 is 0 Å². The number of amides is 1. The first-order valence-electron chi connectivity index (χ1n) is 15.5. The molecule has 3 heterocycles. The molecule has 1 saturated carbocycles. The van der Waals surface area contributed by atoms with Gasteiger partial charge in [-0.15, -0.1) is 0 Å². The second kappa shape index (κ2) is 12.1. The van der Waals surface area contributed by atoms with Crippen LogP contribution in [0.25, 0.3) is 22.5 Å². The molecule has 9 nitrogen and oxygen atoms in total. The number of carbonyl (C=O) groups excluding carboxylic acids is 1. The number of aryl methyl sites for hydroxylation is 2. The van der Waals surface area contributed by atoms with Crippen LogP contribution in [0.5, 0.6) is 0 Å². The summed E-state index contributed by atoms with van der Waals surface area (Å²) in [6.07, 6.45) is 8.98. The Morgan fingerprint density at radius 1 is 0.977 bits per heavy atom. The molecule has 1 saturated heterocycles. The van der Waals surface area contributed by atoms with E-state index < -0.39 is 5.76 Å². The molecule has 9 heteroatoms. The van der Waals surface area contributed by atoms with Crippen molar-refractivity contribution in [3.63, 3.8) is 0 Å². The third-order valence-electron chi connectivity index (χ3n) is 9.42. The summed E-state index contributed by atoms with van der Waals surface area (Å²) in [6, 6.07) is 15.6. The second-order valence-corrected chi connectivity index (χ2v) is 12.2. The van der Waals surface area contributed by atoms with E-state index in [1.54, 1.807) is 4.57 Å². The molecule has 0 bridgehead atoms. The summed E-state index contributed by atoms with van der Waals surface area (Å²) < 4.78 is 6.45. The van der Waals surface area contributed by atoms with Gasteiger partial charge in [0.15, 0.2) is 5.82 Å². The summed E-state index contributed by atoms with van der Waals surface area (Å²) >= 11 is 0. The van der Waals surface area contributed by atoms with Crippen molar-refractivity contribution in [1.82, 2.24) is 24.6 Å². The number of carbonyl (C=O) groups is 1. The molecule has 2 aromatic heterocycles. The predicted octanol–water partition coefficient (Wildman–Crippen LogP) is 5.29. The van der Waals surface area contributed by atoms with E-state index in [1.807, 2.05) is 60.4 Å². The second-order valence-electron chi connectivity index (χ2n) is 12.2. The molecule has 224 valence electrons. The number of H-pyrrole nitrogens is 1. The maximum atomic E-state index is 13.9. The van der Waals surface area contributed by atoms with Crippen LogP contribution in [0, 0.1) is 12.3 Å². The lowest BCUT2D eigenvalue weighted by Gasteiger charge is -2.39. The number of aromatic amines is 1. The lowest BCUT2D eigenvalue weighted by atomic mass is 9.77. The molecule has 6 rings (SSSR count). The molecule has 43 heavy (non-hydrogen) atoms. The minimum Gasteiger partial charge on any atom is -0.342 e. The number of piperidine rings is 1. The van der Waals surface area contributed by atoms with Gasteiger partial charge in [0.1, 0.15) is 5.82 Å². The Hall–Kier alpha value is -4.27. The van der Waals surface area contributed by atoms with E-state index in [0.29, 0.717) is 35.5 Å². The number of benzene rings is 2. The third-order valence-corrected chi connectivity index (χ3v) is 9.42. The fourth-order valence-electron chi connectivity index (χ4n) is 6.92. The molecule has 1 aliphatic carbocycles. The van der Waals surface area contributed by atoms with Crippen LogP contribution in [0.2, 0.25) is 0 Å². The van der Waals surface area contributed by atoms with Crippen LogP contribution in [0.3, 0.4) is 0 Å². The average Bonchev–Trinajstić information content (AvgIpc) is 3.67. The van der Waals surface area contributed by atoms with Crippen molar-refractivity contribution in [3.8, 4) is 22.5 Å². The van der Waals surface area contributed by atoms with Crippen molar-refractivity contribution in [2.45, 2.75) is 78.2 Å². The molecular weight excluding hydrogens is 542 g/mol. The average molecular weight is 582 g/mol. The highest BCUT2D eigenvalue weighted by Gasteiger charge is 2.38. The number of nitrogens with zero attached hydrogens (tertiary/aromatic N) is 4. The maximum Gasteiger partial charge on any atom is 0.439 e. The first kappa shape index (κ1) is 28.8. The SMILES string of the molecule is CCCc1nc(C)c(CC(=O)N2CCC3(CCCC3)CC2)c(=O)n1Cc1ccc(-c2ccccc2-c2noc(=O)[nH]2)cc1. The van der Waals surface area contributed by atoms with Gasteiger partial charge in [0.2, 0.25) is 5.91 Å². The van der Waals surface area contributed by atoms with Crippen LogP contribution in [0.1, 0.15) is 74.5 Å². The molecule has 2 aliphatic rings. The van der Waals surface area contributed by atoms with Gasteiger partial charge in [-0.1, -0.05) is 73.5 Å². The van der Waals surface area contributed by atoms with Gasteiger partial charge in [-0.2, -0.15) is 0 Å². The van der Waals surface area contributed by atoms with Crippen molar-refractivity contribution in [2.75, 3.05) is 13.1 Å². The molecule has 0 atom stereocenters. The monoisotopic (exact) mass is 581 g/mol. The smallest absolute Gasteiger partial charge is 0.342 e. The number of nitrogens with one attached hydrogen (secondary N) is 1. The molecule has 4 aromatic rings. The van der Waals surface area contributed by atoms with Crippen LogP contribution in [0.15, 0.2) is 62.6 Å². The molecule has 0 radical (unpaired) electrons. The van der Waals surface area contributed by atoms with E-state index in [-0.39, 0.29) is 17.9 Å². The zero-order valence-electron chi connectivity index (χ0n) is 25.0. The van der Waals surface area contributed by atoms with Crippen molar-refractivity contribution in [3.05, 3.63) is 92.1 Å². The van der Waals surface area contributed by atoms with Crippen LogP contribution in [0.4, 0.5) is 0 Å². The van der Waals surface area contributed by atoms with Crippen LogP contribution >= 0.6 is 0 Å². The van der Waals surface area contributed by atoms with Crippen molar-refractivity contribution >= 4 is 5.91 Å². The Bertz CT molecular complexity index is 1720. The third kappa shape index (κ3) is 5.98. The normalized spacial score (nSPS) is 16.2. The summed E-state index contributed by atoms with van der Waals surface area (Å²) in [5, 5.41) is 3.85. The number of hydrogen-bond donors (Lipinski definition) is 1. The summed E-state index contributed by atoms with van der Waals surface area (Å²) in [4.78, 5) is 48.2. The molecule has 2 aromatic carbocycles. The van der Waals surface area contributed by atoms with Gasteiger partial charge in [-0.3, -0.25) is 23.7 Å². The molecule has 1 aliphatic heterocycles. The Balaban J connectivity index is 1.23. The zero-order chi connectivity index (χ0) is 30.0. The first-order valence-corrected chi connectivity index (χ1v) is 15.5. The quantitative estimate of drug-likeness (QED) is 0.303. The highest BCUT2D eigenvalue weighted by atomic mass is 16.5. The largest absolute Gasteiger partial charge is 0.439 e. The van der Waals surface area contributed by atoms with Crippen LogP contribution in [-0.2, 0) is 24.2 Å². The summed E-state index contributed by atoms with van der Waals surface area (Å²) in [5.74, 6) is 0.540. The minimum atomic E-state index is -0.602. The van der Waals surface area contributed by atoms with Crippen molar-refractivity contribution in [1.29, 1.82) is 0 Å². The standard InChI is InChI=1S/C34H39N5O4/c1-3-8-29-35-23(2)28(21-30(40)38-19-17-34(18-20-38)15-6-7-16-34)32(41)39(29)22-24-11-13-25(14-12-24)26-9-4-5-10-27(26)31-36-33(42)43-37-31/h4-5,9-14H,3,6-8,15-22H2,1-2H3,(H,36,37,42). The lowest BCUT2D eigenvalue weighted by Crippen LogP contribution is -2.43. The van der Waals surface area contributed by atoms with E-state index in [2.05, 4.69) is 17.1 Å². The highest BCUT2D eigenvalue weighted by Crippen LogP contribution is 2.46. The van der Waals surface area contributed by atoms with Crippen molar-refractivity contribution < 1.29 is 9.32 Å². The van der Waals surface area contributed by atoms with E-state index in [9.17, 15) is 14.4 Å². The predicted molar refractivity (Wildman–Crippen MR) is 165 cm³/mol. The molecule has 1 N–H and O–H groups in total. The number of likely N-dealkylation sites (tertiary alicyclic amines) is 1. The van der Waals surface area contributed by atoms with Gasteiger partial charge in [0, 0.05) is 36.3 Å². The molecule has 1 spiro atoms. The Kier molecular flexibility index (Phi) is 8.15. The maximum absolute atomic E-state index is 13.9. The summed E-state index contributed by atoms with van der Waals surface area (Å²) in [5.41, 5.74) is 5.02. The topological polar surface area (TPSA) is 114 Å². The first-order chi connectivity index (χ1) is 20.9. The van der Waals surface area contributed by atoms with E-state index in [4.69, 9.17) is 9.51 Å². The van der Waals surface area contributed by atoms with Gasteiger partial charge in [-0.05, 0) is 61.1 Å². The lowest BCUT2D eigenvalue weighted by molar-refractivity contribution is -0.132. The van der Waals surface area contributed by atoms with Crippen LogP contribution < -0.4 is 11.3 Å². The van der Waals surface area contributed by atoms with Gasteiger partial charge < -0.3 is 4.90 Å². The Labute approximate surface area is 251 Å². The van der Waals surface area contributed by atoms with Crippen LogP contribution in [-0.4, -0.2) is 43.6 Å². The van der Waals surface area contributed by atoms with Gasteiger partial charge >= 0.3 is 5.76 Å². The minimum absolute atomic E-state index is 0.0288. The number of aromatic nitrogens is 4.